The van der Waals surface area contributed by atoms with Gasteiger partial charge < -0.3 is 10.2 Å². The van der Waals surface area contributed by atoms with E-state index in [-0.39, 0.29) is 0 Å². The Hall–Kier alpha value is -3.47. The first-order valence-corrected chi connectivity index (χ1v) is 10.2. The Morgan fingerprint density at radius 1 is 0.759 bits per heavy atom. The third-order valence-electron chi connectivity index (χ3n) is 5.38. The van der Waals surface area contributed by atoms with Crippen LogP contribution in [0.2, 0.25) is 0 Å². The summed E-state index contributed by atoms with van der Waals surface area (Å²) in [6.07, 6.45) is 7.54. The number of nitrogens with one attached hydrogen (secondary N) is 1. The highest BCUT2D eigenvalue weighted by molar-refractivity contribution is 5.93. The van der Waals surface area contributed by atoms with E-state index in [0.29, 0.717) is 5.95 Å². The largest absolute Gasteiger partial charge is 0.357 e. The summed E-state index contributed by atoms with van der Waals surface area (Å²) in [6, 6.07) is 20.6. The van der Waals surface area contributed by atoms with Gasteiger partial charge in [-0.05, 0) is 37.0 Å². The number of nitrogens with zero attached hydrogens (tertiary/aromatic N) is 4. The molecule has 144 valence electrons. The van der Waals surface area contributed by atoms with Crippen molar-refractivity contribution in [1.82, 2.24) is 15.0 Å². The molecule has 0 saturated carbocycles. The molecule has 1 saturated heterocycles. The highest BCUT2D eigenvalue weighted by Gasteiger charge is 2.12. The summed E-state index contributed by atoms with van der Waals surface area (Å²) in [5.41, 5.74) is 4.08. The van der Waals surface area contributed by atoms with E-state index < -0.39 is 0 Å². The van der Waals surface area contributed by atoms with E-state index >= 15 is 0 Å². The zero-order valence-corrected chi connectivity index (χ0v) is 16.3. The summed E-state index contributed by atoms with van der Waals surface area (Å²) in [6.45, 7) is 2.19. The van der Waals surface area contributed by atoms with Gasteiger partial charge in [0.2, 0.25) is 5.95 Å². The first-order chi connectivity index (χ1) is 14.4. The summed E-state index contributed by atoms with van der Waals surface area (Å²) in [7, 11) is 0. The van der Waals surface area contributed by atoms with Crippen LogP contribution in [0.5, 0.6) is 0 Å². The fraction of sp³-hybridized carbons (Fsp3) is 0.208. The minimum absolute atomic E-state index is 0.577. The maximum absolute atomic E-state index is 4.80. The van der Waals surface area contributed by atoms with Crippen LogP contribution in [0.4, 0.5) is 17.5 Å². The SMILES string of the molecule is c1ccc(-c2cccc3cnc(Nc4ccc(N5CCCCC5)nc4)nc23)cc1. The summed E-state index contributed by atoms with van der Waals surface area (Å²) in [5, 5.41) is 4.33. The molecule has 4 aromatic rings. The lowest BCUT2D eigenvalue weighted by atomic mass is 10.0. The minimum atomic E-state index is 0.577. The summed E-state index contributed by atoms with van der Waals surface area (Å²) < 4.78 is 0. The maximum atomic E-state index is 4.80. The molecule has 0 amide bonds. The molecule has 0 unspecified atom stereocenters. The van der Waals surface area contributed by atoms with Crippen LogP contribution >= 0.6 is 0 Å². The van der Waals surface area contributed by atoms with E-state index in [1.807, 2.05) is 48.8 Å². The second-order valence-corrected chi connectivity index (χ2v) is 7.38. The standard InChI is InChI=1S/C24H23N5/c1-3-8-18(9-4-1)21-11-7-10-19-16-26-24(28-23(19)21)27-20-12-13-22(25-17-20)29-14-5-2-6-15-29/h1,3-4,7-13,16-17H,2,5-6,14-15H2,(H,26,27,28). The van der Waals surface area contributed by atoms with Crippen LogP contribution in [0.1, 0.15) is 19.3 Å². The molecule has 1 aliphatic rings. The molecule has 5 heteroatoms. The Morgan fingerprint density at radius 2 is 1.62 bits per heavy atom. The topological polar surface area (TPSA) is 53.9 Å². The predicted octanol–water partition coefficient (Wildman–Crippen LogP) is 5.43. The third kappa shape index (κ3) is 3.76. The molecule has 3 heterocycles. The smallest absolute Gasteiger partial charge is 0.227 e. The number of rotatable bonds is 4. The van der Waals surface area contributed by atoms with Crippen molar-refractivity contribution in [3.8, 4) is 11.1 Å². The molecule has 2 aromatic carbocycles. The van der Waals surface area contributed by atoms with E-state index in [4.69, 9.17) is 4.98 Å². The summed E-state index contributed by atoms with van der Waals surface area (Å²) in [4.78, 5) is 16.3. The predicted molar refractivity (Wildman–Crippen MR) is 119 cm³/mol. The van der Waals surface area contributed by atoms with E-state index in [9.17, 15) is 0 Å². The molecular weight excluding hydrogens is 358 g/mol. The second-order valence-electron chi connectivity index (χ2n) is 7.38. The fourth-order valence-corrected chi connectivity index (χ4v) is 3.87. The molecule has 0 atom stereocenters. The second kappa shape index (κ2) is 7.87. The van der Waals surface area contributed by atoms with E-state index in [1.54, 1.807) is 0 Å². The van der Waals surface area contributed by atoms with Gasteiger partial charge >= 0.3 is 0 Å². The Kier molecular flexibility index (Phi) is 4.78. The number of piperidine rings is 1. The summed E-state index contributed by atoms with van der Waals surface area (Å²) >= 11 is 0. The zero-order valence-electron chi connectivity index (χ0n) is 16.3. The van der Waals surface area contributed by atoms with Gasteiger partial charge in [-0.2, -0.15) is 0 Å². The van der Waals surface area contributed by atoms with Gasteiger partial charge in [-0.1, -0.05) is 48.5 Å². The van der Waals surface area contributed by atoms with Crippen LogP contribution in [-0.2, 0) is 0 Å². The van der Waals surface area contributed by atoms with Crippen LogP contribution in [-0.4, -0.2) is 28.0 Å². The van der Waals surface area contributed by atoms with Crippen LogP contribution in [0.15, 0.2) is 73.1 Å². The van der Waals surface area contributed by atoms with Crippen LogP contribution in [0, 0.1) is 0 Å². The fourth-order valence-electron chi connectivity index (χ4n) is 3.87. The van der Waals surface area contributed by atoms with E-state index in [0.717, 1.165) is 46.6 Å². The Morgan fingerprint density at radius 3 is 2.41 bits per heavy atom. The van der Waals surface area contributed by atoms with Crippen molar-refractivity contribution in [2.75, 3.05) is 23.3 Å². The number of hydrogen-bond donors (Lipinski definition) is 1. The molecule has 0 spiro atoms. The third-order valence-corrected chi connectivity index (χ3v) is 5.38. The average molecular weight is 381 g/mol. The highest BCUT2D eigenvalue weighted by atomic mass is 15.2. The van der Waals surface area contributed by atoms with Crippen molar-refractivity contribution in [3.05, 3.63) is 73.1 Å². The monoisotopic (exact) mass is 381 g/mol. The van der Waals surface area contributed by atoms with Crippen molar-refractivity contribution in [3.63, 3.8) is 0 Å². The van der Waals surface area contributed by atoms with E-state index in [2.05, 4.69) is 44.5 Å². The van der Waals surface area contributed by atoms with Gasteiger partial charge in [0, 0.05) is 30.2 Å². The maximum Gasteiger partial charge on any atom is 0.227 e. The van der Waals surface area contributed by atoms with Gasteiger partial charge in [-0.15, -0.1) is 0 Å². The van der Waals surface area contributed by atoms with Crippen LogP contribution in [0.3, 0.4) is 0 Å². The molecule has 0 radical (unpaired) electrons. The highest BCUT2D eigenvalue weighted by Crippen LogP contribution is 2.28. The van der Waals surface area contributed by atoms with Gasteiger partial charge in [-0.3, -0.25) is 0 Å². The lowest BCUT2D eigenvalue weighted by molar-refractivity contribution is 0.573. The minimum Gasteiger partial charge on any atom is -0.357 e. The number of fused-ring (bicyclic) bond motifs is 1. The van der Waals surface area contributed by atoms with Gasteiger partial charge in [0.15, 0.2) is 0 Å². The molecular formula is C24H23N5. The lowest BCUT2D eigenvalue weighted by Crippen LogP contribution is -2.29. The van der Waals surface area contributed by atoms with Crippen molar-refractivity contribution in [2.24, 2.45) is 0 Å². The molecule has 1 fully saturated rings. The number of aromatic nitrogens is 3. The Bertz CT molecular complexity index is 1100. The van der Waals surface area contributed by atoms with Gasteiger partial charge in [0.25, 0.3) is 0 Å². The average Bonchev–Trinajstić information content (AvgIpc) is 2.80. The zero-order chi connectivity index (χ0) is 19.5. The van der Waals surface area contributed by atoms with Crippen molar-refractivity contribution in [2.45, 2.75) is 19.3 Å². The molecule has 5 nitrogen and oxygen atoms in total. The number of anilines is 3. The van der Waals surface area contributed by atoms with Gasteiger partial charge in [0.05, 0.1) is 17.4 Å². The van der Waals surface area contributed by atoms with Crippen molar-refractivity contribution in [1.29, 1.82) is 0 Å². The van der Waals surface area contributed by atoms with Crippen molar-refractivity contribution < 1.29 is 0 Å². The quantitative estimate of drug-likeness (QED) is 0.511. The Labute approximate surface area is 170 Å². The number of pyridine rings is 1. The van der Waals surface area contributed by atoms with Crippen LogP contribution in [0.25, 0.3) is 22.0 Å². The van der Waals surface area contributed by atoms with Gasteiger partial charge in [-0.25, -0.2) is 15.0 Å². The number of benzene rings is 2. The molecule has 1 aliphatic heterocycles. The van der Waals surface area contributed by atoms with Gasteiger partial charge in [0.1, 0.15) is 5.82 Å². The number of para-hydroxylation sites is 1. The lowest BCUT2D eigenvalue weighted by Gasteiger charge is -2.27. The molecule has 2 aromatic heterocycles. The first-order valence-electron chi connectivity index (χ1n) is 10.2. The molecule has 5 rings (SSSR count). The van der Waals surface area contributed by atoms with Crippen LogP contribution < -0.4 is 10.2 Å². The molecule has 1 N–H and O–H groups in total. The molecule has 0 bridgehead atoms. The first kappa shape index (κ1) is 17.6. The van der Waals surface area contributed by atoms with E-state index in [1.165, 1.54) is 19.3 Å². The Balaban J connectivity index is 1.42. The molecule has 0 aliphatic carbocycles. The number of hydrogen-bond acceptors (Lipinski definition) is 5. The van der Waals surface area contributed by atoms with Crippen molar-refractivity contribution >= 4 is 28.4 Å². The normalized spacial score (nSPS) is 14.1. The molecule has 29 heavy (non-hydrogen) atoms. The summed E-state index contributed by atoms with van der Waals surface area (Å²) in [5.74, 6) is 1.62.